The molecule has 0 aliphatic heterocycles. The quantitative estimate of drug-likeness (QED) is 0.642. The van der Waals surface area contributed by atoms with E-state index in [1.54, 1.807) is 33.8 Å². The standard InChI is InChI=1S/C25H33FO6/c1-5-21(31)32-25(20(30)13-27)14(2)10-18-17-7-6-15-11-16(28)8-9-22(15,3)24(17,26)19(29)12-23(18,25)4/h8-9,11,14,17-19,27,29H,5-7,10,12-13H2,1-4H3/t14?,17-,18-,19-,22-,23-,24-,25+/m0/s1. The zero-order valence-corrected chi connectivity index (χ0v) is 19.2. The Morgan fingerprint density at radius 2 is 1.97 bits per heavy atom. The van der Waals surface area contributed by atoms with Gasteiger partial charge in [0.05, 0.1) is 6.10 Å². The van der Waals surface area contributed by atoms with Crippen LogP contribution in [0.4, 0.5) is 4.39 Å². The van der Waals surface area contributed by atoms with Gasteiger partial charge in [0.15, 0.2) is 17.1 Å². The fourth-order valence-electron chi connectivity index (χ4n) is 7.77. The van der Waals surface area contributed by atoms with Crippen LogP contribution in [0.1, 0.15) is 59.8 Å². The van der Waals surface area contributed by atoms with Crippen molar-refractivity contribution in [2.24, 2.45) is 28.6 Å². The van der Waals surface area contributed by atoms with Gasteiger partial charge in [-0.15, -0.1) is 0 Å². The Bertz CT molecular complexity index is 925. The first kappa shape index (κ1) is 23.3. The molecule has 2 N–H and O–H groups in total. The van der Waals surface area contributed by atoms with E-state index in [4.69, 9.17) is 4.74 Å². The molecule has 0 aromatic rings. The molecule has 0 radical (unpaired) electrons. The van der Waals surface area contributed by atoms with Crippen LogP contribution in [-0.2, 0) is 19.1 Å². The molecular formula is C25H33FO6. The van der Waals surface area contributed by atoms with Crippen molar-refractivity contribution in [1.82, 2.24) is 0 Å². The molecule has 0 aromatic heterocycles. The minimum atomic E-state index is -2.02. The van der Waals surface area contributed by atoms with E-state index in [0.29, 0.717) is 24.8 Å². The van der Waals surface area contributed by atoms with E-state index < -0.39 is 58.4 Å². The Labute approximate surface area is 187 Å². The first-order chi connectivity index (χ1) is 14.9. The zero-order chi connectivity index (χ0) is 23.7. The lowest BCUT2D eigenvalue weighted by atomic mass is 9.44. The highest BCUT2D eigenvalue weighted by Gasteiger charge is 2.77. The summed E-state index contributed by atoms with van der Waals surface area (Å²) >= 11 is 0. The van der Waals surface area contributed by atoms with Gasteiger partial charge in [-0.2, -0.15) is 0 Å². The Hall–Kier alpha value is -1.86. The molecule has 4 rings (SSSR count). The van der Waals surface area contributed by atoms with Crippen molar-refractivity contribution < 1.29 is 33.7 Å². The average Bonchev–Trinajstić information content (AvgIpc) is 2.96. The molecule has 176 valence electrons. The number of alkyl halides is 1. The lowest BCUT2D eigenvalue weighted by Gasteiger charge is -2.62. The number of allylic oxidation sites excluding steroid dienone is 4. The molecule has 0 heterocycles. The topological polar surface area (TPSA) is 101 Å². The van der Waals surface area contributed by atoms with Crippen molar-refractivity contribution in [3.63, 3.8) is 0 Å². The molecule has 7 heteroatoms. The highest BCUT2D eigenvalue weighted by atomic mass is 19.1. The molecule has 4 aliphatic carbocycles. The minimum Gasteiger partial charge on any atom is -0.450 e. The fourth-order valence-corrected chi connectivity index (χ4v) is 7.77. The van der Waals surface area contributed by atoms with E-state index in [1.807, 2.05) is 0 Å². The largest absolute Gasteiger partial charge is 0.450 e. The van der Waals surface area contributed by atoms with Crippen LogP contribution in [0.2, 0.25) is 0 Å². The van der Waals surface area contributed by atoms with Crippen LogP contribution >= 0.6 is 0 Å². The highest BCUT2D eigenvalue weighted by Crippen LogP contribution is 2.71. The molecule has 1 unspecified atom stereocenters. The second-order valence-corrected chi connectivity index (χ2v) is 10.5. The van der Waals surface area contributed by atoms with Crippen molar-refractivity contribution in [2.75, 3.05) is 6.61 Å². The normalized spacial score (nSPS) is 47.2. The van der Waals surface area contributed by atoms with Crippen molar-refractivity contribution in [1.29, 1.82) is 0 Å². The maximum atomic E-state index is 17.2. The van der Waals surface area contributed by atoms with Gasteiger partial charge >= 0.3 is 5.97 Å². The molecule has 0 saturated heterocycles. The number of carbonyl (C=O) groups is 3. The highest BCUT2D eigenvalue weighted by molar-refractivity contribution is 6.01. The zero-order valence-electron chi connectivity index (χ0n) is 19.2. The number of Topliss-reactive ketones (excluding diaryl/α,β-unsaturated/α-hetero) is 1. The number of aliphatic hydroxyl groups is 2. The number of rotatable bonds is 4. The Morgan fingerprint density at radius 3 is 2.59 bits per heavy atom. The Balaban J connectivity index is 1.85. The summed E-state index contributed by atoms with van der Waals surface area (Å²) in [6, 6.07) is 0. The number of hydrogen-bond donors (Lipinski definition) is 2. The third-order valence-corrected chi connectivity index (χ3v) is 9.30. The van der Waals surface area contributed by atoms with Crippen LogP contribution in [0.5, 0.6) is 0 Å². The van der Waals surface area contributed by atoms with Gasteiger partial charge in [-0.1, -0.05) is 32.4 Å². The van der Waals surface area contributed by atoms with Gasteiger partial charge in [-0.25, -0.2) is 4.39 Å². The van der Waals surface area contributed by atoms with Crippen LogP contribution in [0, 0.1) is 28.6 Å². The summed E-state index contributed by atoms with van der Waals surface area (Å²) in [7, 11) is 0. The van der Waals surface area contributed by atoms with Gasteiger partial charge < -0.3 is 14.9 Å². The molecule has 0 aromatic carbocycles. The van der Waals surface area contributed by atoms with Crippen LogP contribution in [0.3, 0.4) is 0 Å². The predicted molar refractivity (Wildman–Crippen MR) is 114 cm³/mol. The van der Waals surface area contributed by atoms with Crippen LogP contribution in [0.25, 0.3) is 0 Å². The van der Waals surface area contributed by atoms with E-state index >= 15 is 4.39 Å². The summed E-state index contributed by atoms with van der Waals surface area (Å²) < 4.78 is 23.0. The maximum Gasteiger partial charge on any atom is 0.306 e. The second kappa shape index (κ2) is 7.32. The Morgan fingerprint density at radius 1 is 1.28 bits per heavy atom. The molecular weight excluding hydrogens is 415 g/mol. The number of fused-ring (bicyclic) bond motifs is 5. The maximum absolute atomic E-state index is 17.2. The molecule has 0 amide bonds. The summed E-state index contributed by atoms with van der Waals surface area (Å²) in [4.78, 5) is 37.5. The van der Waals surface area contributed by atoms with Crippen molar-refractivity contribution in [3.8, 4) is 0 Å². The number of esters is 1. The van der Waals surface area contributed by atoms with E-state index in [-0.39, 0.29) is 24.5 Å². The molecule has 32 heavy (non-hydrogen) atoms. The van der Waals surface area contributed by atoms with Gasteiger partial charge in [0, 0.05) is 29.1 Å². The average molecular weight is 449 g/mol. The van der Waals surface area contributed by atoms with E-state index in [1.165, 1.54) is 12.2 Å². The third kappa shape index (κ3) is 2.61. The number of hydrogen-bond acceptors (Lipinski definition) is 6. The first-order valence-electron chi connectivity index (χ1n) is 11.6. The summed E-state index contributed by atoms with van der Waals surface area (Å²) in [5, 5.41) is 21.2. The molecule has 8 atom stereocenters. The van der Waals surface area contributed by atoms with Gasteiger partial charge in [-0.3, -0.25) is 14.4 Å². The summed E-state index contributed by atoms with van der Waals surface area (Å²) in [6.45, 7) is 6.19. The molecule has 0 spiro atoms. The SMILES string of the molecule is CCC(=O)O[C@@]1(C(=O)CO)C(C)C[C@H]2[C@@H]3CCC4=CC(=O)C=C[C@]4(C)[C@@]3(F)[C@@H](O)C[C@@]21C. The summed E-state index contributed by atoms with van der Waals surface area (Å²) in [5.41, 5.74) is -5.10. The number of ether oxygens (including phenoxy) is 1. The first-order valence-corrected chi connectivity index (χ1v) is 11.6. The number of ketones is 2. The van der Waals surface area contributed by atoms with Gasteiger partial charge in [-0.05, 0) is 50.7 Å². The smallest absolute Gasteiger partial charge is 0.306 e. The lowest BCUT2D eigenvalue weighted by Crippen LogP contribution is -2.70. The minimum absolute atomic E-state index is 0.0675. The molecule has 3 saturated carbocycles. The number of halogens is 1. The van der Waals surface area contributed by atoms with Gasteiger partial charge in [0.25, 0.3) is 0 Å². The van der Waals surface area contributed by atoms with Crippen molar-refractivity contribution >= 4 is 17.5 Å². The second-order valence-electron chi connectivity index (χ2n) is 10.5. The van der Waals surface area contributed by atoms with Crippen LogP contribution < -0.4 is 0 Å². The molecule has 3 fully saturated rings. The summed E-state index contributed by atoms with van der Waals surface area (Å²) in [6.07, 6.45) is 4.38. The third-order valence-electron chi connectivity index (χ3n) is 9.30. The van der Waals surface area contributed by atoms with Gasteiger partial charge in [0.2, 0.25) is 5.78 Å². The fraction of sp³-hybridized carbons (Fsp3) is 0.720. The van der Waals surface area contributed by atoms with Crippen molar-refractivity contribution in [2.45, 2.75) is 77.2 Å². The molecule has 6 nitrogen and oxygen atoms in total. The number of aliphatic hydroxyl groups excluding tert-OH is 2. The Kier molecular flexibility index (Phi) is 5.33. The van der Waals surface area contributed by atoms with E-state index in [2.05, 4.69) is 0 Å². The molecule has 0 bridgehead atoms. The van der Waals surface area contributed by atoms with Crippen molar-refractivity contribution in [3.05, 3.63) is 23.8 Å². The lowest BCUT2D eigenvalue weighted by molar-refractivity contribution is -0.228. The number of carbonyl (C=O) groups excluding carboxylic acids is 3. The van der Waals surface area contributed by atoms with E-state index in [0.717, 1.165) is 0 Å². The monoisotopic (exact) mass is 448 g/mol. The molecule has 4 aliphatic rings. The summed E-state index contributed by atoms with van der Waals surface area (Å²) in [5.74, 6) is -2.69. The van der Waals surface area contributed by atoms with Crippen LogP contribution in [0.15, 0.2) is 23.8 Å². The van der Waals surface area contributed by atoms with Gasteiger partial charge in [0.1, 0.15) is 6.61 Å². The van der Waals surface area contributed by atoms with E-state index in [9.17, 15) is 24.6 Å². The van der Waals surface area contributed by atoms with Crippen LogP contribution in [-0.4, -0.2) is 51.7 Å². The predicted octanol–water partition coefficient (Wildman–Crippen LogP) is 2.86.